The molecule has 8 atom stereocenters. The van der Waals surface area contributed by atoms with Crippen LogP contribution in [0, 0.1) is 0 Å². The van der Waals surface area contributed by atoms with E-state index in [9.17, 15) is 33.6 Å². The number of thioether (sulfide) groups is 1. The summed E-state index contributed by atoms with van der Waals surface area (Å²) in [4.78, 5) is 76.6. The molecule has 0 aliphatic carbocycles. The molecule has 2 heterocycles. The van der Waals surface area contributed by atoms with Crippen LogP contribution in [-0.4, -0.2) is 160 Å². The first-order valence-electron chi connectivity index (χ1n) is 15.3. The Hall–Kier alpha value is -4.47. The highest BCUT2D eigenvalue weighted by Gasteiger charge is 2.20. The molecule has 308 valence electrons. The maximum Gasteiger partial charge on any atom is 0.323 e. The molecule has 22 N–H and O–H groups in total. The minimum absolute atomic E-state index is 0.269. The number of carboxylic acid groups (broad SMARTS) is 6. The molecule has 1 aromatic rings. The van der Waals surface area contributed by atoms with Crippen molar-refractivity contribution < 1.29 is 74.4 Å². The smallest absolute Gasteiger partial charge is 0.323 e. The van der Waals surface area contributed by atoms with Crippen LogP contribution in [0.1, 0.15) is 45.2 Å². The van der Waals surface area contributed by atoms with Crippen molar-refractivity contribution in [3.63, 3.8) is 0 Å². The highest BCUT2D eigenvalue weighted by Crippen LogP contribution is 2.03. The maximum atomic E-state index is 10.3. The lowest BCUT2D eigenvalue weighted by Gasteiger charge is -2.07. The van der Waals surface area contributed by atoms with Crippen molar-refractivity contribution in [2.24, 2.45) is 34.4 Å². The number of aromatic amines is 1. The second-order valence-electron chi connectivity index (χ2n) is 10.8. The maximum absolute atomic E-state index is 10.3. The number of hydrogen-bond acceptors (Lipinski definition) is 17. The molecule has 0 aromatic carbocycles. The average molecular weight is 790 g/mol. The van der Waals surface area contributed by atoms with Gasteiger partial charge in [-0.25, -0.2) is 4.98 Å². The third kappa shape index (κ3) is 34.4. The van der Waals surface area contributed by atoms with E-state index in [1.165, 1.54) is 20.2 Å². The van der Waals surface area contributed by atoms with Gasteiger partial charge in [0.05, 0.1) is 25.0 Å². The van der Waals surface area contributed by atoms with Crippen molar-refractivity contribution in [3.8, 4) is 0 Å². The van der Waals surface area contributed by atoms with Gasteiger partial charge < -0.3 is 85.6 Å². The summed E-state index contributed by atoms with van der Waals surface area (Å²) >= 11 is 1.60. The third-order valence-electron chi connectivity index (χ3n) is 5.97. The Morgan fingerprint density at radius 2 is 1.25 bits per heavy atom. The number of H-pyrrole nitrogens is 1. The first kappa shape index (κ1) is 55.3. The number of rotatable bonds is 15. The minimum atomic E-state index is -1.21. The van der Waals surface area contributed by atoms with Gasteiger partial charge in [-0.15, -0.1) is 0 Å². The number of hydrogen-bond donors (Lipinski definition) is 16. The van der Waals surface area contributed by atoms with Gasteiger partial charge in [0.2, 0.25) is 5.91 Å². The van der Waals surface area contributed by atoms with Crippen LogP contribution in [0.4, 0.5) is 0 Å². The lowest BCUT2D eigenvalue weighted by atomic mass is 10.2. The number of nitrogens with one attached hydrogen (secondary N) is 2. The monoisotopic (exact) mass is 789 g/mol. The topological polar surface area (TPSA) is 478 Å². The molecule has 0 spiro atoms. The largest absolute Gasteiger partial charge is 0.480 e. The van der Waals surface area contributed by atoms with Gasteiger partial charge in [0.25, 0.3) is 0 Å². The van der Waals surface area contributed by atoms with E-state index in [0.29, 0.717) is 6.42 Å². The normalized spacial score (nSPS) is 16.5. The number of nitrogens with zero attached hydrogens (tertiary/aromatic N) is 1. The van der Waals surface area contributed by atoms with Gasteiger partial charge in [-0.2, -0.15) is 11.8 Å². The number of carbonyl (C=O) groups is 7. The van der Waals surface area contributed by atoms with E-state index in [4.69, 9.17) is 69.5 Å². The number of aliphatic hydroxyl groups is 2. The summed E-state index contributed by atoms with van der Waals surface area (Å²) in [6.45, 7) is 3.52. The number of primary amides is 1. The zero-order valence-corrected chi connectivity index (χ0v) is 30.3. The van der Waals surface area contributed by atoms with Gasteiger partial charge >= 0.3 is 35.8 Å². The standard InChI is InChI=1S/C6H9N3O2.C5H11NO2S.C5H9NO2.C4H8N2O3.2C4H9NO3/c7-5(6(10)11)1-4-2-8-3-9-4;1-9-3-2-4(6)5(7)8;7-5(8)4-2-1-3-6-4;5-2(4(8)9)1-3(6)7;2*1-2(6)3(5)4(7)8/h2-3,5H,1,7H2,(H,8,9)(H,10,11);4H,2-3,6H2,1H3,(H,7,8);4,6H,1-3H2,(H,7,8);2H,1,5H2,(H2,6,7)(H,8,9);2*2-3,6H,5H2,1H3,(H,7,8)/t;;4-;;;/m..0.../s1. The lowest BCUT2D eigenvalue weighted by molar-refractivity contribution is -0.141. The van der Waals surface area contributed by atoms with E-state index in [1.54, 1.807) is 18.0 Å². The predicted molar refractivity (Wildman–Crippen MR) is 189 cm³/mol. The first-order chi connectivity index (χ1) is 24.3. The van der Waals surface area contributed by atoms with Crippen LogP contribution in [0.2, 0.25) is 0 Å². The van der Waals surface area contributed by atoms with E-state index >= 15 is 0 Å². The number of nitrogens with two attached hydrogens (primary N) is 6. The van der Waals surface area contributed by atoms with E-state index < -0.39 is 84.1 Å². The molecular formula is C28H55N9O15S. The quantitative estimate of drug-likeness (QED) is 0.0792. The Kier molecular flexibility index (Phi) is 33.6. The molecule has 0 bridgehead atoms. The fourth-order valence-corrected chi connectivity index (χ4v) is 3.19. The average Bonchev–Trinajstić information content (AvgIpc) is 3.79. The number of aliphatic hydroxyl groups excluding tert-OH is 2. The molecule has 1 fully saturated rings. The summed E-state index contributed by atoms with van der Waals surface area (Å²) in [5, 5.41) is 69.1. The highest BCUT2D eigenvalue weighted by molar-refractivity contribution is 7.98. The molecule has 1 aliphatic rings. The fourth-order valence-electron chi connectivity index (χ4n) is 2.70. The first-order valence-corrected chi connectivity index (χ1v) is 16.7. The Balaban J connectivity index is -0.000000273. The summed E-state index contributed by atoms with van der Waals surface area (Å²) in [6.07, 6.45) is 5.33. The molecule has 25 heteroatoms. The molecule has 24 nitrogen and oxygen atoms in total. The molecule has 0 saturated carbocycles. The molecule has 53 heavy (non-hydrogen) atoms. The Morgan fingerprint density at radius 3 is 1.45 bits per heavy atom. The number of imidazole rings is 1. The van der Waals surface area contributed by atoms with Crippen molar-refractivity contribution in [2.45, 2.75) is 94.4 Å². The van der Waals surface area contributed by atoms with Crippen molar-refractivity contribution in [1.82, 2.24) is 15.3 Å². The molecule has 0 radical (unpaired) electrons. The zero-order valence-electron chi connectivity index (χ0n) is 29.5. The van der Waals surface area contributed by atoms with Crippen LogP contribution < -0.4 is 39.7 Å². The Bertz CT molecular complexity index is 1160. The van der Waals surface area contributed by atoms with Crippen LogP contribution in [0.25, 0.3) is 0 Å². The third-order valence-corrected chi connectivity index (χ3v) is 6.61. The zero-order chi connectivity index (χ0) is 42.4. The summed E-state index contributed by atoms with van der Waals surface area (Å²) in [5.41, 5.74) is 30.6. The van der Waals surface area contributed by atoms with Crippen LogP contribution in [-0.2, 0) is 40.0 Å². The van der Waals surface area contributed by atoms with Gasteiger partial charge in [-0.1, -0.05) is 0 Å². The van der Waals surface area contributed by atoms with Crippen LogP contribution >= 0.6 is 11.8 Å². The Morgan fingerprint density at radius 1 is 0.792 bits per heavy atom. The predicted octanol–water partition coefficient (Wildman–Crippen LogP) is -4.83. The number of aromatic nitrogens is 2. The molecular weight excluding hydrogens is 734 g/mol. The van der Waals surface area contributed by atoms with Crippen LogP contribution in [0.5, 0.6) is 0 Å². The van der Waals surface area contributed by atoms with Crippen LogP contribution in [0.3, 0.4) is 0 Å². The van der Waals surface area contributed by atoms with Crippen LogP contribution in [0.15, 0.2) is 12.5 Å². The molecule has 1 aliphatic heterocycles. The van der Waals surface area contributed by atoms with Gasteiger partial charge in [-0.3, -0.25) is 33.6 Å². The summed E-state index contributed by atoms with van der Waals surface area (Å²) < 4.78 is 0. The van der Waals surface area contributed by atoms with E-state index in [2.05, 4.69) is 21.0 Å². The minimum Gasteiger partial charge on any atom is -0.480 e. The number of carboxylic acids is 6. The molecule has 7 unspecified atom stereocenters. The summed E-state index contributed by atoms with van der Waals surface area (Å²) in [6, 6.07) is -5.28. The second kappa shape index (κ2) is 32.2. The Labute approximate surface area is 308 Å². The van der Waals surface area contributed by atoms with E-state index in [1.807, 2.05) is 6.26 Å². The van der Waals surface area contributed by atoms with Gasteiger partial charge in [0.15, 0.2) is 0 Å². The molecule has 1 saturated heterocycles. The molecule has 1 amide bonds. The van der Waals surface area contributed by atoms with Crippen molar-refractivity contribution >= 4 is 53.5 Å². The second-order valence-corrected chi connectivity index (χ2v) is 11.7. The highest BCUT2D eigenvalue weighted by atomic mass is 32.2. The molecule has 1 aromatic heterocycles. The number of carbonyl (C=O) groups excluding carboxylic acids is 1. The van der Waals surface area contributed by atoms with Crippen molar-refractivity contribution in [3.05, 3.63) is 18.2 Å². The van der Waals surface area contributed by atoms with Crippen molar-refractivity contribution in [2.75, 3.05) is 18.6 Å². The molecule has 2 rings (SSSR count). The SMILES string of the molecule is CC(O)C(N)C(=O)O.CC(O)C(N)C(=O)O.CSCCC(N)C(=O)O.NC(=O)CC(N)C(=O)O.NC(Cc1cnc[nH]1)C(=O)O.O=C(O)[C@@H]1CCCN1. The fraction of sp³-hybridized carbons (Fsp3) is 0.643. The van der Waals surface area contributed by atoms with E-state index in [0.717, 1.165) is 30.8 Å². The summed E-state index contributed by atoms with van der Waals surface area (Å²) in [7, 11) is 0. The summed E-state index contributed by atoms with van der Waals surface area (Å²) in [5.74, 6) is -6.10. The van der Waals surface area contributed by atoms with Gasteiger partial charge in [0.1, 0.15) is 36.3 Å². The number of aliphatic carboxylic acids is 6. The van der Waals surface area contributed by atoms with Gasteiger partial charge in [0, 0.05) is 18.3 Å². The lowest BCUT2D eigenvalue weighted by Crippen LogP contribution is -2.39. The van der Waals surface area contributed by atoms with Gasteiger partial charge in [-0.05, 0) is 51.7 Å². The number of amides is 1. The van der Waals surface area contributed by atoms with Crippen molar-refractivity contribution in [1.29, 1.82) is 0 Å². The van der Waals surface area contributed by atoms with E-state index in [-0.39, 0.29) is 18.9 Å².